The SMILES string of the molecule is CC(O)(NN)NN. The van der Waals surface area contributed by atoms with Gasteiger partial charge in [-0.25, -0.2) is 10.9 Å². The van der Waals surface area contributed by atoms with Crippen LogP contribution >= 0.6 is 0 Å². The summed E-state index contributed by atoms with van der Waals surface area (Å²) in [5.41, 5.74) is 4.02. The van der Waals surface area contributed by atoms with Crippen LogP contribution in [0.1, 0.15) is 6.92 Å². The predicted molar refractivity (Wildman–Crippen MR) is 25.3 cm³/mol. The summed E-state index contributed by atoms with van der Waals surface area (Å²) in [6, 6.07) is 0. The molecule has 44 valence electrons. The predicted octanol–water partition coefficient (Wildman–Crippen LogP) is -2.42. The molecule has 0 fully saturated rings. The molecule has 0 amide bonds. The normalized spacial score (nSPS) is 12.0. The summed E-state index contributed by atoms with van der Waals surface area (Å²) in [5, 5.41) is 8.66. The number of nitrogens with one attached hydrogen (secondary N) is 2. The van der Waals surface area contributed by atoms with E-state index in [-0.39, 0.29) is 0 Å². The Bertz CT molecular complexity index is 47.7. The van der Waals surface area contributed by atoms with Gasteiger partial charge in [0.25, 0.3) is 0 Å². The molecule has 0 aliphatic heterocycles. The van der Waals surface area contributed by atoms with Crippen molar-refractivity contribution < 1.29 is 5.11 Å². The third kappa shape index (κ3) is 2.49. The number of aliphatic hydroxyl groups is 1. The molecule has 0 radical (unpaired) electrons. The number of rotatable bonds is 2. The lowest BCUT2D eigenvalue weighted by molar-refractivity contribution is -0.00988. The lowest BCUT2D eigenvalue weighted by Gasteiger charge is -2.19. The summed E-state index contributed by atoms with van der Waals surface area (Å²) < 4.78 is 0. The maximum atomic E-state index is 8.66. The van der Waals surface area contributed by atoms with Gasteiger partial charge in [-0.1, -0.05) is 0 Å². The summed E-state index contributed by atoms with van der Waals surface area (Å²) in [6.45, 7) is 1.38. The van der Waals surface area contributed by atoms with Gasteiger partial charge in [-0.15, -0.1) is 0 Å². The molecule has 7 N–H and O–H groups in total. The Morgan fingerprint density at radius 1 is 1.43 bits per heavy atom. The van der Waals surface area contributed by atoms with Gasteiger partial charge in [-0.3, -0.25) is 11.7 Å². The smallest absolute Gasteiger partial charge is 0.193 e. The van der Waals surface area contributed by atoms with Gasteiger partial charge in [0, 0.05) is 0 Å². The molecule has 5 heteroatoms. The first-order valence-electron chi connectivity index (χ1n) is 1.80. The maximum Gasteiger partial charge on any atom is 0.193 e. The van der Waals surface area contributed by atoms with Crippen molar-refractivity contribution in [2.24, 2.45) is 11.7 Å². The highest BCUT2D eigenvalue weighted by atomic mass is 16.3. The van der Waals surface area contributed by atoms with Gasteiger partial charge in [0.15, 0.2) is 5.85 Å². The molecule has 0 saturated carbocycles. The van der Waals surface area contributed by atoms with Gasteiger partial charge in [-0.05, 0) is 6.92 Å². The summed E-state index contributed by atoms with van der Waals surface area (Å²) in [6.07, 6.45) is 0. The highest BCUT2D eigenvalue weighted by Crippen LogP contribution is 1.80. The molecule has 0 aromatic heterocycles. The van der Waals surface area contributed by atoms with E-state index in [0.717, 1.165) is 0 Å². The maximum absolute atomic E-state index is 8.66. The molecule has 0 rings (SSSR count). The van der Waals surface area contributed by atoms with Crippen LogP contribution in [0.5, 0.6) is 0 Å². The fourth-order valence-electron chi connectivity index (χ4n) is 0.0417. The molecule has 0 aliphatic carbocycles. The lowest BCUT2D eigenvalue weighted by atomic mass is 10.5. The van der Waals surface area contributed by atoms with Crippen molar-refractivity contribution in [1.29, 1.82) is 0 Å². The molecule has 0 bridgehead atoms. The molecular weight excluding hydrogens is 96.0 g/mol. The van der Waals surface area contributed by atoms with E-state index in [9.17, 15) is 0 Å². The number of hydrogen-bond donors (Lipinski definition) is 5. The number of hydrazine groups is 2. The van der Waals surface area contributed by atoms with Crippen molar-refractivity contribution in [2.45, 2.75) is 12.8 Å². The molecular formula is C2H10N4O. The summed E-state index contributed by atoms with van der Waals surface area (Å²) in [5.74, 6) is 8.19. The fraction of sp³-hybridized carbons (Fsp3) is 1.00. The zero-order chi connectivity index (χ0) is 5.91. The van der Waals surface area contributed by atoms with Crippen LogP contribution in [0, 0.1) is 0 Å². The summed E-state index contributed by atoms with van der Waals surface area (Å²) >= 11 is 0. The molecule has 0 saturated heterocycles. The van der Waals surface area contributed by atoms with Gasteiger partial charge in [-0.2, -0.15) is 0 Å². The monoisotopic (exact) mass is 106 g/mol. The third-order valence-corrected chi connectivity index (χ3v) is 0.562. The van der Waals surface area contributed by atoms with E-state index in [0.29, 0.717) is 0 Å². The zero-order valence-corrected chi connectivity index (χ0v) is 4.10. The van der Waals surface area contributed by atoms with Gasteiger partial charge in [0.05, 0.1) is 0 Å². The van der Waals surface area contributed by atoms with Gasteiger partial charge < -0.3 is 5.11 Å². The lowest BCUT2D eigenvalue weighted by Crippen LogP contribution is -2.60. The highest BCUT2D eigenvalue weighted by molar-refractivity contribution is 4.54. The van der Waals surface area contributed by atoms with Crippen LogP contribution < -0.4 is 22.5 Å². The molecule has 0 aliphatic rings. The molecule has 0 aromatic rings. The first-order valence-corrected chi connectivity index (χ1v) is 1.80. The fourth-order valence-corrected chi connectivity index (χ4v) is 0.0417. The third-order valence-electron chi connectivity index (χ3n) is 0.562. The molecule has 0 heterocycles. The highest BCUT2D eigenvalue weighted by Gasteiger charge is 2.12. The van der Waals surface area contributed by atoms with E-state index in [1.54, 1.807) is 0 Å². The zero-order valence-electron chi connectivity index (χ0n) is 4.10. The van der Waals surface area contributed by atoms with Crippen molar-refractivity contribution in [3.63, 3.8) is 0 Å². The van der Waals surface area contributed by atoms with E-state index in [1.165, 1.54) is 6.92 Å². The average molecular weight is 106 g/mol. The van der Waals surface area contributed by atoms with Gasteiger partial charge >= 0.3 is 0 Å². The Morgan fingerprint density at radius 2 is 1.71 bits per heavy atom. The summed E-state index contributed by atoms with van der Waals surface area (Å²) in [7, 11) is 0. The van der Waals surface area contributed by atoms with Crippen LogP contribution in [0.4, 0.5) is 0 Å². The quantitative estimate of drug-likeness (QED) is 0.153. The topological polar surface area (TPSA) is 96.3 Å². The molecule has 0 aromatic carbocycles. The van der Waals surface area contributed by atoms with Crippen molar-refractivity contribution in [3.05, 3.63) is 0 Å². The average Bonchev–Trinajstić information content (AvgIpc) is 1.68. The Morgan fingerprint density at radius 3 is 1.71 bits per heavy atom. The summed E-state index contributed by atoms with van der Waals surface area (Å²) in [4.78, 5) is 0. The van der Waals surface area contributed by atoms with E-state index < -0.39 is 5.85 Å². The van der Waals surface area contributed by atoms with E-state index in [4.69, 9.17) is 16.8 Å². The molecule has 5 nitrogen and oxygen atoms in total. The Kier molecular flexibility index (Phi) is 2.13. The Hall–Kier alpha value is -0.200. The Labute approximate surface area is 41.6 Å². The minimum absolute atomic E-state index is 1.36. The molecule has 0 spiro atoms. The van der Waals surface area contributed by atoms with Gasteiger partial charge in [0.1, 0.15) is 0 Å². The minimum Gasteiger partial charge on any atom is -0.361 e. The van der Waals surface area contributed by atoms with Crippen LogP contribution in [-0.4, -0.2) is 11.0 Å². The van der Waals surface area contributed by atoms with Crippen LogP contribution in [0.15, 0.2) is 0 Å². The van der Waals surface area contributed by atoms with Crippen LogP contribution in [0.3, 0.4) is 0 Å². The van der Waals surface area contributed by atoms with E-state index in [1.807, 2.05) is 10.9 Å². The van der Waals surface area contributed by atoms with Crippen molar-refractivity contribution >= 4 is 0 Å². The van der Waals surface area contributed by atoms with E-state index in [2.05, 4.69) is 0 Å². The van der Waals surface area contributed by atoms with Crippen LogP contribution in [0.2, 0.25) is 0 Å². The second-order valence-electron chi connectivity index (χ2n) is 1.36. The van der Waals surface area contributed by atoms with Crippen molar-refractivity contribution in [3.8, 4) is 0 Å². The standard InChI is InChI=1S/C2H10N4O/c1-2(7,5-3)6-4/h5-7H,3-4H2,1H3. The largest absolute Gasteiger partial charge is 0.361 e. The molecule has 7 heavy (non-hydrogen) atoms. The van der Waals surface area contributed by atoms with Crippen LogP contribution in [0.25, 0.3) is 0 Å². The first-order chi connectivity index (χ1) is 3.12. The Balaban J connectivity index is 3.36. The van der Waals surface area contributed by atoms with Crippen LogP contribution in [-0.2, 0) is 0 Å². The second-order valence-corrected chi connectivity index (χ2v) is 1.36. The first kappa shape index (κ1) is 6.80. The number of hydrogen-bond acceptors (Lipinski definition) is 5. The molecule has 0 atom stereocenters. The number of nitrogens with two attached hydrogens (primary N) is 2. The molecule has 0 unspecified atom stereocenters. The van der Waals surface area contributed by atoms with Crippen molar-refractivity contribution in [1.82, 2.24) is 10.9 Å². The minimum atomic E-state index is -1.36. The second kappa shape index (κ2) is 2.20. The van der Waals surface area contributed by atoms with Gasteiger partial charge in [0.2, 0.25) is 0 Å². The van der Waals surface area contributed by atoms with E-state index >= 15 is 0 Å². The van der Waals surface area contributed by atoms with Crippen molar-refractivity contribution in [2.75, 3.05) is 0 Å².